The molecule has 0 bridgehead atoms. The standard InChI is InChI=1S/C29H28N6O/c1-19-11-26-27(33-19)14-24(18-32-26)20-3-4-22-17-31-25(13-23(22)12-20)16-28(36)21-5-6-30-29(15-21)35-9-7-34(2)8-10-35/h3-6,11-15,17-18,33H,7-10,16H2,1-2H3. The van der Waals surface area contributed by atoms with Gasteiger partial charge in [0.1, 0.15) is 5.82 Å². The lowest BCUT2D eigenvalue weighted by Gasteiger charge is -2.33. The monoisotopic (exact) mass is 476 g/mol. The minimum absolute atomic E-state index is 0.0487. The van der Waals surface area contributed by atoms with Gasteiger partial charge >= 0.3 is 0 Å². The molecule has 7 heteroatoms. The highest BCUT2D eigenvalue weighted by atomic mass is 16.1. The van der Waals surface area contributed by atoms with Gasteiger partial charge < -0.3 is 14.8 Å². The summed E-state index contributed by atoms with van der Waals surface area (Å²) in [6.07, 6.45) is 5.74. The maximum atomic E-state index is 13.1. The summed E-state index contributed by atoms with van der Waals surface area (Å²) < 4.78 is 0. The van der Waals surface area contributed by atoms with Crippen LogP contribution in [0.4, 0.5) is 5.82 Å². The molecular formula is C29H28N6O. The quantitative estimate of drug-likeness (QED) is 0.372. The summed E-state index contributed by atoms with van der Waals surface area (Å²) in [6, 6.07) is 16.2. The van der Waals surface area contributed by atoms with Gasteiger partial charge in [-0.05, 0) is 61.3 Å². The highest BCUT2D eigenvalue weighted by molar-refractivity contribution is 5.98. The number of anilines is 1. The van der Waals surface area contributed by atoms with Gasteiger partial charge in [-0.25, -0.2) is 4.98 Å². The molecule has 4 aromatic heterocycles. The Labute approximate surface area is 209 Å². The SMILES string of the molecule is Cc1cc2ncc(-c3ccc4cnc(CC(=O)c5ccnc(N6CCN(C)CC6)c5)cc4c3)cc2[nH]1. The molecule has 6 rings (SSSR count). The Balaban J connectivity index is 1.24. The number of hydrogen-bond donors (Lipinski definition) is 1. The van der Waals surface area contributed by atoms with Gasteiger partial charge in [0.2, 0.25) is 0 Å². The van der Waals surface area contributed by atoms with Crippen LogP contribution in [0.2, 0.25) is 0 Å². The molecule has 5 heterocycles. The summed E-state index contributed by atoms with van der Waals surface area (Å²) in [6.45, 7) is 5.87. The number of aromatic nitrogens is 4. The zero-order valence-corrected chi connectivity index (χ0v) is 20.5. The van der Waals surface area contributed by atoms with Crippen LogP contribution in [-0.2, 0) is 6.42 Å². The van der Waals surface area contributed by atoms with Crippen LogP contribution >= 0.6 is 0 Å². The fraction of sp³-hybridized carbons (Fsp3) is 0.241. The molecule has 0 unspecified atom stereocenters. The summed E-state index contributed by atoms with van der Waals surface area (Å²) >= 11 is 0. The van der Waals surface area contributed by atoms with Crippen molar-refractivity contribution >= 4 is 33.4 Å². The van der Waals surface area contributed by atoms with E-state index in [4.69, 9.17) is 0 Å². The smallest absolute Gasteiger partial charge is 0.169 e. The molecule has 0 saturated carbocycles. The van der Waals surface area contributed by atoms with Crippen molar-refractivity contribution in [3.05, 3.63) is 84.1 Å². The number of nitrogens with one attached hydrogen (secondary N) is 1. The van der Waals surface area contributed by atoms with Crippen molar-refractivity contribution in [3.63, 3.8) is 0 Å². The lowest BCUT2D eigenvalue weighted by atomic mass is 10.0. The molecule has 180 valence electrons. The third-order valence-corrected chi connectivity index (χ3v) is 6.95. The molecule has 0 atom stereocenters. The van der Waals surface area contributed by atoms with Gasteiger partial charge in [-0.3, -0.25) is 14.8 Å². The van der Waals surface area contributed by atoms with E-state index >= 15 is 0 Å². The van der Waals surface area contributed by atoms with Crippen LogP contribution in [0.5, 0.6) is 0 Å². The largest absolute Gasteiger partial charge is 0.357 e. The Morgan fingerprint density at radius 2 is 1.75 bits per heavy atom. The molecule has 0 amide bonds. The minimum atomic E-state index is 0.0487. The fourth-order valence-corrected chi connectivity index (χ4v) is 4.83. The number of nitrogens with zero attached hydrogens (tertiary/aromatic N) is 5. The molecule has 0 aliphatic carbocycles. The van der Waals surface area contributed by atoms with Crippen molar-refractivity contribution < 1.29 is 4.79 Å². The number of pyridine rings is 3. The van der Waals surface area contributed by atoms with Crippen LogP contribution in [0.25, 0.3) is 32.9 Å². The van der Waals surface area contributed by atoms with E-state index in [1.165, 1.54) is 0 Å². The van der Waals surface area contributed by atoms with Crippen molar-refractivity contribution in [2.75, 3.05) is 38.1 Å². The first-order valence-electron chi connectivity index (χ1n) is 12.3. The molecule has 5 aromatic rings. The Bertz CT molecular complexity index is 1580. The van der Waals surface area contributed by atoms with E-state index in [9.17, 15) is 4.79 Å². The number of fused-ring (bicyclic) bond motifs is 2. The highest BCUT2D eigenvalue weighted by Crippen LogP contribution is 2.27. The van der Waals surface area contributed by atoms with E-state index in [1.807, 2.05) is 37.5 Å². The maximum absolute atomic E-state index is 13.1. The molecular weight excluding hydrogens is 448 g/mol. The lowest BCUT2D eigenvalue weighted by molar-refractivity contribution is 0.0992. The predicted molar refractivity (Wildman–Crippen MR) is 144 cm³/mol. The molecule has 1 N–H and O–H groups in total. The lowest BCUT2D eigenvalue weighted by Crippen LogP contribution is -2.44. The third kappa shape index (κ3) is 4.45. The average Bonchev–Trinajstić information content (AvgIpc) is 3.28. The van der Waals surface area contributed by atoms with Gasteiger partial charge in [0.05, 0.1) is 17.5 Å². The van der Waals surface area contributed by atoms with Crippen LogP contribution in [0, 0.1) is 6.92 Å². The van der Waals surface area contributed by atoms with E-state index in [0.29, 0.717) is 5.56 Å². The Kier molecular flexibility index (Phi) is 5.70. The first kappa shape index (κ1) is 22.4. The number of Topliss-reactive ketones (excluding diaryl/α,β-unsaturated/α-hetero) is 1. The fourth-order valence-electron chi connectivity index (χ4n) is 4.83. The zero-order chi connectivity index (χ0) is 24.6. The Morgan fingerprint density at radius 3 is 2.61 bits per heavy atom. The van der Waals surface area contributed by atoms with E-state index in [-0.39, 0.29) is 12.2 Å². The van der Waals surface area contributed by atoms with E-state index in [0.717, 1.165) is 76.3 Å². The molecule has 1 aliphatic rings. The highest BCUT2D eigenvalue weighted by Gasteiger charge is 2.17. The number of rotatable bonds is 5. The molecule has 36 heavy (non-hydrogen) atoms. The summed E-state index contributed by atoms with van der Waals surface area (Å²) in [5.41, 5.74) is 6.66. The second kappa shape index (κ2) is 9.17. The Morgan fingerprint density at radius 1 is 0.889 bits per heavy atom. The first-order valence-corrected chi connectivity index (χ1v) is 12.3. The summed E-state index contributed by atoms with van der Waals surface area (Å²) in [5.74, 6) is 0.917. The number of piperazine rings is 1. The molecule has 1 aliphatic heterocycles. The topological polar surface area (TPSA) is 78.0 Å². The molecule has 0 radical (unpaired) electrons. The van der Waals surface area contributed by atoms with Gasteiger partial charge in [-0.1, -0.05) is 12.1 Å². The zero-order valence-electron chi connectivity index (χ0n) is 20.5. The average molecular weight is 477 g/mol. The number of carbonyl (C=O) groups is 1. The van der Waals surface area contributed by atoms with Crippen LogP contribution in [-0.4, -0.2) is 63.8 Å². The molecule has 7 nitrogen and oxygen atoms in total. The number of H-pyrrole nitrogens is 1. The number of aryl methyl sites for hydroxylation is 1. The van der Waals surface area contributed by atoms with E-state index in [1.54, 1.807) is 12.3 Å². The molecule has 1 saturated heterocycles. The van der Waals surface area contributed by atoms with Crippen molar-refractivity contribution in [2.24, 2.45) is 0 Å². The number of carbonyl (C=O) groups excluding carboxylic acids is 1. The van der Waals surface area contributed by atoms with Gasteiger partial charge in [0, 0.05) is 72.7 Å². The molecule has 1 aromatic carbocycles. The predicted octanol–water partition coefficient (Wildman–Crippen LogP) is 4.66. The second-order valence-electron chi connectivity index (χ2n) is 9.64. The van der Waals surface area contributed by atoms with Crippen LogP contribution in [0.3, 0.4) is 0 Å². The van der Waals surface area contributed by atoms with Crippen molar-refractivity contribution in [3.8, 4) is 11.1 Å². The number of likely N-dealkylation sites (N-methyl/N-ethyl adjacent to an activating group) is 1. The van der Waals surface area contributed by atoms with Crippen LogP contribution in [0.1, 0.15) is 21.7 Å². The molecule has 1 fully saturated rings. The summed E-state index contributed by atoms with van der Waals surface area (Å²) in [7, 11) is 2.13. The minimum Gasteiger partial charge on any atom is -0.357 e. The van der Waals surface area contributed by atoms with Gasteiger partial charge in [0.25, 0.3) is 0 Å². The van der Waals surface area contributed by atoms with Crippen molar-refractivity contribution in [1.29, 1.82) is 0 Å². The van der Waals surface area contributed by atoms with Crippen LogP contribution < -0.4 is 4.90 Å². The summed E-state index contributed by atoms with van der Waals surface area (Å²) in [5, 5.41) is 2.10. The normalized spacial score (nSPS) is 14.6. The third-order valence-electron chi connectivity index (χ3n) is 6.95. The number of benzene rings is 1. The number of aromatic amines is 1. The van der Waals surface area contributed by atoms with Gasteiger partial charge in [-0.15, -0.1) is 0 Å². The molecule has 0 spiro atoms. The number of hydrogen-bond acceptors (Lipinski definition) is 6. The number of ketones is 1. The van der Waals surface area contributed by atoms with E-state index in [2.05, 4.69) is 61.0 Å². The Hall–Kier alpha value is -4.10. The maximum Gasteiger partial charge on any atom is 0.169 e. The van der Waals surface area contributed by atoms with Crippen molar-refractivity contribution in [2.45, 2.75) is 13.3 Å². The van der Waals surface area contributed by atoms with Crippen LogP contribution in [0.15, 0.2) is 67.1 Å². The van der Waals surface area contributed by atoms with Crippen molar-refractivity contribution in [1.82, 2.24) is 24.8 Å². The van der Waals surface area contributed by atoms with Gasteiger partial charge in [0.15, 0.2) is 5.78 Å². The van der Waals surface area contributed by atoms with Gasteiger partial charge in [-0.2, -0.15) is 0 Å². The summed E-state index contributed by atoms with van der Waals surface area (Å²) in [4.78, 5) is 34.7. The second-order valence-corrected chi connectivity index (χ2v) is 9.64. The first-order chi connectivity index (χ1) is 17.5. The van der Waals surface area contributed by atoms with E-state index < -0.39 is 0 Å².